The zero-order valence-electron chi connectivity index (χ0n) is 8.50. The molecule has 0 aromatic carbocycles. The van der Waals surface area contributed by atoms with Gasteiger partial charge in [-0.1, -0.05) is 25.7 Å². The Morgan fingerprint density at radius 1 is 1.00 bits per heavy atom. The molecule has 1 aliphatic carbocycles. The average Bonchev–Trinajstić information content (AvgIpc) is 2.19. The molecule has 0 spiro atoms. The van der Waals surface area contributed by atoms with Gasteiger partial charge in [-0.2, -0.15) is 12.6 Å². The Morgan fingerprint density at radius 2 is 1.77 bits per heavy atom. The van der Waals surface area contributed by atoms with Crippen LogP contribution < -0.4 is 0 Å². The standard InChI is InChI=1S/C11H22OS/c13-10-6-2-5-9-12-11-7-3-1-4-8-11/h11,13H,1-10H2. The fraction of sp³-hybridized carbons (Fsp3) is 1.00. The Balaban J connectivity index is 1.86. The van der Waals surface area contributed by atoms with E-state index in [1.165, 1.54) is 51.4 Å². The van der Waals surface area contributed by atoms with Gasteiger partial charge in [0.05, 0.1) is 6.10 Å². The third-order valence-electron chi connectivity index (χ3n) is 2.71. The molecule has 0 amide bonds. The van der Waals surface area contributed by atoms with E-state index in [9.17, 15) is 0 Å². The summed E-state index contributed by atoms with van der Waals surface area (Å²) in [6.45, 7) is 0.971. The fourth-order valence-electron chi connectivity index (χ4n) is 1.87. The van der Waals surface area contributed by atoms with Crippen molar-refractivity contribution in [1.29, 1.82) is 0 Å². The van der Waals surface area contributed by atoms with Crippen molar-refractivity contribution in [3.63, 3.8) is 0 Å². The third kappa shape index (κ3) is 5.58. The Morgan fingerprint density at radius 3 is 2.46 bits per heavy atom. The Hall–Kier alpha value is 0.310. The smallest absolute Gasteiger partial charge is 0.0575 e. The van der Waals surface area contributed by atoms with Gasteiger partial charge < -0.3 is 4.74 Å². The van der Waals surface area contributed by atoms with Gasteiger partial charge in [-0.15, -0.1) is 0 Å². The van der Waals surface area contributed by atoms with E-state index >= 15 is 0 Å². The minimum absolute atomic E-state index is 0.588. The highest BCUT2D eigenvalue weighted by molar-refractivity contribution is 7.80. The molecule has 0 heterocycles. The lowest BCUT2D eigenvalue weighted by Gasteiger charge is -2.21. The summed E-state index contributed by atoms with van der Waals surface area (Å²) >= 11 is 4.18. The molecule has 0 aromatic rings. The zero-order chi connectivity index (χ0) is 9.36. The van der Waals surface area contributed by atoms with Crippen LogP contribution in [0.2, 0.25) is 0 Å². The van der Waals surface area contributed by atoms with E-state index in [-0.39, 0.29) is 0 Å². The van der Waals surface area contributed by atoms with E-state index in [4.69, 9.17) is 4.74 Å². The highest BCUT2D eigenvalue weighted by Gasteiger charge is 2.12. The molecule has 0 atom stereocenters. The van der Waals surface area contributed by atoms with Crippen molar-refractivity contribution in [2.24, 2.45) is 0 Å². The molecule has 13 heavy (non-hydrogen) atoms. The molecule has 1 saturated carbocycles. The van der Waals surface area contributed by atoms with Gasteiger partial charge in [0.25, 0.3) is 0 Å². The van der Waals surface area contributed by atoms with Crippen LogP contribution in [-0.2, 0) is 4.74 Å². The van der Waals surface area contributed by atoms with Crippen LogP contribution in [0.3, 0.4) is 0 Å². The monoisotopic (exact) mass is 202 g/mol. The maximum Gasteiger partial charge on any atom is 0.0575 e. The first-order valence-corrected chi connectivity index (χ1v) is 6.29. The quantitative estimate of drug-likeness (QED) is 0.513. The van der Waals surface area contributed by atoms with E-state index in [0.29, 0.717) is 6.10 Å². The molecule has 1 rings (SSSR count). The number of hydrogen-bond donors (Lipinski definition) is 1. The van der Waals surface area contributed by atoms with Gasteiger partial charge >= 0.3 is 0 Å². The zero-order valence-corrected chi connectivity index (χ0v) is 9.40. The number of ether oxygens (including phenoxy) is 1. The van der Waals surface area contributed by atoms with Crippen LogP contribution >= 0.6 is 12.6 Å². The van der Waals surface area contributed by atoms with E-state index in [2.05, 4.69) is 12.6 Å². The molecule has 1 fully saturated rings. The third-order valence-corrected chi connectivity index (χ3v) is 3.02. The molecule has 1 aliphatic rings. The van der Waals surface area contributed by atoms with Crippen molar-refractivity contribution >= 4 is 12.6 Å². The van der Waals surface area contributed by atoms with Gasteiger partial charge in [0, 0.05) is 6.61 Å². The summed E-state index contributed by atoms with van der Waals surface area (Å²) in [5.74, 6) is 1.02. The summed E-state index contributed by atoms with van der Waals surface area (Å²) in [5.41, 5.74) is 0. The van der Waals surface area contributed by atoms with Crippen LogP contribution in [0.5, 0.6) is 0 Å². The Kier molecular flexibility index (Phi) is 6.73. The minimum Gasteiger partial charge on any atom is -0.378 e. The van der Waals surface area contributed by atoms with Gasteiger partial charge in [-0.3, -0.25) is 0 Å². The van der Waals surface area contributed by atoms with Crippen LogP contribution in [0.25, 0.3) is 0 Å². The van der Waals surface area contributed by atoms with Crippen molar-refractivity contribution in [2.75, 3.05) is 12.4 Å². The number of rotatable bonds is 6. The first kappa shape index (κ1) is 11.4. The normalized spacial score (nSPS) is 19.2. The molecule has 1 nitrogen and oxygen atoms in total. The highest BCUT2D eigenvalue weighted by atomic mass is 32.1. The summed E-state index contributed by atoms with van der Waals surface area (Å²) in [4.78, 5) is 0. The lowest BCUT2D eigenvalue weighted by molar-refractivity contribution is 0.0265. The largest absolute Gasteiger partial charge is 0.378 e. The molecule has 0 radical (unpaired) electrons. The maximum absolute atomic E-state index is 5.80. The fourth-order valence-corrected chi connectivity index (χ4v) is 2.10. The topological polar surface area (TPSA) is 9.23 Å². The second-order valence-electron chi connectivity index (χ2n) is 3.92. The number of unbranched alkanes of at least 4 members (excludes halogenated alkanes) is 2. The summed E-state index contributed by atoms with van der Waals surface area (Å²) in [7, 11) is 0. The summed E-state index contributed by atoms with van der Waals surface area (Å²) in [6, 6.07) is 0. The second kappa shape index (κ2) is 7.69. The van der Waals surface area contributed by atoms with Crippen LogP contribution in [-0.4, -0.2) is 18.5 Å². The maximum atomic E-state index is 5.80. The van der Waals surface area contributed by atoms with Crippen molar-refractivity contribution in [2.45, 2.75) is 57.5 Å². The van der Waals surface area contributed by atoms with Crippen LogP contribution in [0.15, 0.2) is 0 Å². The minimum atomic E-state index is 0.588. The van der Waals surface area contributed by atoms with Gasteiger partial charge in [-0.25, -0.2) is 0 Å². The van der Waals surface area contributed by atoms with E-state index in [0.717, 1.165) is 12.4 Å². The number of hydrogen-bond acceptors (Lipinski definition) is 2. The molecular formula is C11H22OS. The van der Waals surface area contributed by atoms with E-state index in [1.54, 1.807) is 0 Å². The first-order chi connectivity index (χ1) is 6.43. The Bertz CT molecular complexity index is 111. The number of thiol groups is 1. The molecule has 0 aromatic heterocycles. The predicted molar refractivity (Wildman–Crippen MR) is 60.5 cm³/mol. The summed E-state index contributed by atoms with van der Waals surface area (Å²) in [5, 5.41) is 0. The Labute approximate surface area is 87.7 Å². The molecule has 78 valence electrons. The molecule has 0 N–H and O–H groups in total. The van der Waals surface area contributed by atoms with Crippen molar-refractivity contribution in [3.05, 3.63) is 0 Å². The van der Waals surface area contributed by atoms with Crippen LogP contribution in [0.4, 0.5) is 0 Å². The molecule has 0 aliphatic heterocycles. The summed E-state index contributed by atoms with van der Waals surface area (Å²) in [6.07, 6.45) is 11.1. The summed E-state index contributed by atoms with van der Waals surface area (Å²) < 4.78 is 5.80. The van der Waals surface area contributed by atoms with Crippen molar-refractivity contribution in [1.82, 2.24) is 0 Å². The molecule has 0 bridgehead atoms. The SMILES string of the molecule is SCCCCCOC1CCCCC1. The van der Waals surface area contributed by atoms with Crippen molar-refractivity contribution in [3.8, 4) is 0 Å². The first-order valence-electron chi connectivity index (χ1n) is 5.66. The lowest BCUT2D eigenvalue weighted by atomic mass is 9.98. The van der Waals surface area contributed by atoms with Gasteiger partial charge in [0.1, 0.15) is 0 Å². The average molecular weight is 202 g/mol. The van der Waals surface area contributed by atoms with Gasteiger partial charge in [0.2, 0.25) is 0 Å². The predicted octanol–water partition coefficient (Wildman–Crippen LogP) is 3.44. The van der Waals surface area contributed by atoms with Crippen LogP contribution in [0, 0.1) is 0 Å². The molecule has 0 unspecified atom stereocenters. The van der Waals surface area contributed by atoms with E-state index in [1.807, 2.05) is 0 Å². The van der Waals surface area contributed by atoms with Gasteiger partial charge in [0.15, 0.2) is 0 Å². The highest BCUT2D eigenvalue weighted by Crippen LogP contribution is 2.20. The van der Waals surface area contributed by atoms with E-state index < -0.39 is 0 Å². The molecule has 2 heteroatoms. The molecule has 0 saturated heterocycles. The van der Waals surface area contributed by atoms with Crippen LogP contribution in [0.1, 0.15) is 51.4 Å². The lowest BCUT2D eigenvalue weighted by Crippen LogP contribution is -2.17. The van der Waals surface area contributed by atoms with Crippen molar-refractivity contribution < 1.29 is 4.74 Å². The van der Waals surface area contributed by atoms with Gasteiger partial charge in [-0.05, 0) is 31.4 Å². The second-order valence-corrected chi connectivity index (χ2v) is 4.36. The molecular weight excluding hydrogens is 180 g/mol.